The van der Waals surface area contributed by atoms with Crippen LogP contribution in [-0.4, -0.2) is 42.0 Å². The van der Waals surface area contributed by atoms with Crippen LogP contribution in [0.3, 0.4) is 0 Å². The topological polar surface area (TPSA) is 23.5 Å². The van der Waals surface area contributed by atoms with Crippen molar-refractivity contribution in [3.05, 3.63) is 0 Å². The van der Waals surface area contributed by atoms with Crippen molar-refractivity contribution >= 4 is 12.6 Å². The predicted molar refractivity (Wildman–Crippen MR) is 66.1 cm³/mol. The lowest BCUT2D eigenvalue weighted by Crippen LogP contribution is -2.39. The lowest BCUT2D eigenvalue weighted by molar-refractivity contribution is 0.136. The zero-order valence-electron chi connectivity index (χ0n) is 9.79. The van der Waals surface area contributed by atoms with Gasteiger partial charge in [-0.15, -0.1) is 0 Å². The average Bonchev–Trinajstić information content (AvgIpc) is 2.25. The Hall–Kier alpha value is 0.270. The van der Waals surface area contributed by atoms with Gasteiger partial charge >= 0.3 is 0 Å². The highest BCUT2D eigenvalue weighted by Gasteiger charge is 2.26. The van der Waals surface area contributed by atoms with E-state index in [2.05, 4.69) is 38.3 Å². The van der Waals surface area contributed by atoms with Gasteiger partial charge in [0, 0.05) is 13.1 Å². The van der Waals surface area contributed by atoms with Gasteiger partial charge in [-0.2, -0.15) is 12.6 Å². The summed E-state index contributed by atoms with van der Waals surface area (Å²) >= 11 is 4.45. The molecule has 0 bridgehead atoms. The molecule has 2 nitrogen and oxygen atoms in total. The number of nitrogens with zero attached hydrogens (tertiary/aromatic N) is 1. The average molecular weight is 219 g/mol. The molecule has 0 fully saturated rings. The molecule has 0 aliphatic rings. The van der Waals surface area contributed by atoms with Crippen molar-refractivity contribution in [1.29, 1.82) is 0 Å². The van der Waals surface area contributed by atoms with Crippen LogP contribution in [0.25, 0.3) is 0 Å². The maximum Gasteiger partial charge on any atom is 0.0558 e. The van der Waals surface area contributed by atoms with Crippen molar-refractivity contribution in [3.8, 4) is 0 Å². The van der Waals surface area contributed by atoms with Crippen LogP contribution in [0.1, 0.15) is 33.6 Å². The van der Waals surface area contributed by atoms with E-state index in [1.54, 1.807) is 0 Å². The van der Waals surface area contributed by atoms with E-state index in [1.165, 1.54) is 0 Å². The first kappa shape index (κ1) is 14.3. The quantitative estimate of drug-likeness (QED) is 0.610. The van der Waals surface area contributed by atoms with E-state index in [9.17, 15) is 0 Å². The highest BCUT2D eigenvalue weighted by atomic mass is 32.1. The Kier molecular flexibility index (Phi) is 7.69. The number of aliphatic hydroxyl groups excluding tert-OH is 1. The number of rotatable bonds is 8. The van der Waals surface area contributed by atoms with E-state index >= 15 is 0 Å². The van der Waals surface area contributed by atoms with Crippen LogP contribution in [0.5, 0.6) is 0 Å². The van der Waals surface area contributed by atoms with Gasteiger partial charge in [-0.05, 0) is 30.6 Å². The zero-order valence-corrected chi connectivity index (χ0v) is 10.7. The van der Waals surface area contributed by atoms with Crippen LogP contribution in [0.15, 0.2) is 0 Å². The van der Waals surface area contributed by atoms with Gasteiger partial charge < -0.3 is 10.0 Å². The summed E-state index contributed by atoms with van der Waals surface area (Å²) in [4.78, 5) is 2.31. The van der Waals surface area contributed by atoms with E-state index in [0.29, 0.717) is 5.41 Å². The van der Waals surface area contributed by atoms with Crippen LogP contribution < -0.4 is 0 Å². The Balaban J connectivity index is 4.24. The SMILES string of the molecule is CCN(CCO)CC(CC)(CC)CS. The molecule has 0 aliphatic heterocycles. The molecule has 0 radical (unpaired) electrons. The van der Waals surface area contributed by atoms with Gasteiger partial charge in [0.15, 0.2) is 0 Å². The highest BCUT2D eigenvalue weighted by molar-refractivity contribution is 7.80. The van der Waals surface area contributed by atoms with E-state index < -0.39 is 0 Å². The maximum atomic E-state index is 8.92. The number of likely N-dealkylation sites (N-methyl/N-ethyl adjacent to an activating group) is 1. The molecule has 0 aromatic rings. The largest absolute Gasteiger partial charge is 0.395 e. The molecule has 0 aliphatic carbocycles. The third-order valence-corrected chi connectivity index (χ3v) is 3.93. The summed E-state index contributed by atoms with van der Waals surface area (Å²) in [6.07, 6.45) is 2.32. The molecule has 0 aromatic carbocycles. The molecule has 0 saturated heterocycles. The monoisotopic (exact) mass is 219 g/mol. The van der Waals surface area contributed by atoms with Crippen molar-refractivity contribution in [2.45, 2.75) is 33.6 Å². The lowest BCUT2D eigenvalue weighted by atomic mass is 9.84. The van der Waals surface area contributed by atoms with Crippen molar-refractivity contribution in [2.24, 2.45) is 5.41 Å². The molecule has 0 rings (SSSR count). The van der Waals surface area contributed by atoms with Crippen molar-refractivity contribution < 1.29 is 5.11 Å². The zero-order chi connectivity index (χ0) is 11.0. The molecule has 0 heterocycles. The Morgan fingerprint density at radius 1 is 1.21 bits per heavy atom. The van der Waals surface area contributed by atoms with E-state index in [-0.39, 0.29) is 6.61 Å². The summed E-state index contributed by atoms with van der Waals surface area (Å²) < 4.78 is 0. The van der Waals surface area contributed by atoms with Crippen molar-refractivity contribution in [2.75, 3.05) is 32.0 Å². The molecule has 86 valence electrons. The maximum absolute atomic E-state index is 8.92. The minimum atomic E-state index is 0.254. The second-order valence-corrected chi connectivity index (χ2v) is 4.27. The number of aliphatic hydroxyl groups is 1. The van der Waals surface area contributed by atoms with Gasteiger partial charge in [0.25, 0.3) is 0 Å². The third kappa shape index (κ3) is 4.20. The summed E-state index contributed by atoms with van der Waals surface area (Å²) in [6.45, 7) is 9.70. The van der Waals surface area contributed by atoms with E-state index in [0.717, 1.165) is 38.2 Å². The summed E-state index contributed by atoms with van der Waals surface area (Å²) in [5.74, 6) is 0.932. The third-order valence-electron chi connectivity index (χ3n) is 3.26. The first-order chi connectivity index (χ1) is 6.67. The van der Waals surface area contributed by atoms with Gasteiger partial charge in [0.05, 0.1) is 6.61 Å². The second kappa shape index (κ2) is 7.55. The fourth-order valence-electron chi connectivity index (χ4n) is 1.71. The molecular formula is C11H25NOS. The number of hydrogen-bond acceptors (Lipinski definition) is 3. The van der Waals surface area contributed by atoms with Crippen LogP contribution in [-0.2, 0) is 0 Å². The Labute approximate surface area is 94.1 Å². The van der Waals surface area contributed by atoms with Crippen LogP contribution in [0, 0.1) is 5.41 Å². The van der Waals surface area contributed by atoms with Crippen molar-refractivity contribution in [3.63, 3.8) is 0 Å². The summed E-state index contributed by atoms with van der Waals surface area (Å²) in [6, 6.07) is 0. The molecule has 14 heavy (non-hydrogen) atoms. The Morgan fingerprint density at radius 3 is 2.07 bits per heavy atom. The molecule has 1 N–H and O–H groups in total. The van der Waals surface area contributed by atoms with Crippen LogP contribution in [0.2, 0.25) is 0 Å². The standard InChI is InChI=1S/C11H25NOS/c1-4-11(5-2,10-14)9-12(6-3)7-8-13/h13-14H,4-10H2,1-3H3. The minimum Gasteiger partial charge on any atom is -0.395 e. The summed E-state index contributed by atoms with van der Waals surface area (Å²) in [7, 11) is 0. The molecule has 0 saturated carbocycles. The van der Waals surface area contributed by atoms with Crippen LogP contribution >= 0.6 is 12.6 Å². The molecule has 0 amide bonds. The highest BCUT2D eigenvalue weighted by Crippen LogP contribution is 2.28. The fourth-order valence-corrected chi connectivity index (χ4v) is 2.26. The molecular weight excluding hydrogens is 194 g/mol. The molecule has 0 atom stereocenters. The number of thiol groups is 1. The van der Waals surface area contributed by atoms with Gasteiger partial charge in [-0.1, -0.05) is 20.8 Å². The van der Waals surface area contributed by atoms with Gasteiger partial charge in [-0.25, -0.2) is 0 Å². The summed E-state index contributed by atoms with van der Waals surface area (Å²) in [5.41, 5.74) is 0.328. The van der Waals surface area contributed by atoms with E-state index in [1.807, 2.05) is 0 Å². The first-order valence-electron chi connectivity index (χ1n) is 5.62. The van der Waals surface area contributed by atoms with Crippen LogP contribution in [0.4, 0.5) is 0 Å². The van der Waals surface area contributed by atoms with Gasteiger partial charge in [-0.3, -0.25) is 0 Å². The van der Waals surface area contributed by atoms with E-state index in [4.69, 9.17) is 5.11 Å². The minimum absolute atomic E-state index is 0.254. The Morgan fingerprint density at radius 2 is 1.79 bits per heavy atom. The molecule has 0 aromatic heterocycles. The number of hydrogen-bond donors (Lipinski definition) is 2. The molecule has 3 heteroatoms. The fraction of sp³-hybridized carbons (Fsp3) is 1.00. The first-order valence-corrected chi connectivity index (χ1v) is 6.25. The molecule has 0 spiro atoms. The van der Waals surface area contributed by atoms with Crippen molar-refractivity contribution in [1.82, 2.24) is 4.90 Å². The second-order valence-electron chi connectivity index (χ2n) is 3.96. The predicted octanol–water partition coefficient (Wildman–Crippen LogP) is 2.04. The van der Waals surface area contributed by atoms with Gasteiger partial charge in [0.2, 0.25) is 0 Å². The normalized spacial score (nSPS) is 12.4. The smallest absolute Gasteiger partial charge is 0.0558 e. The molecule has 0 unspecified atom stereocenters. The summed E-state index contributed by atoms with van der Waals surface area (Å²) in [5, 5.41) is 8.92. The Bertz CT molecular complexity index is 129. The lowest BCUT2D eigenvalue weighted by Gasteiger charge is -2.35. The van der Waals surface area contributed by atoms with Gasteiger partial charge in [0.1, 0.15) is 0 Å².